The quantitative estimate of drug-likeness (QED) is 0.530. The zero-order valence-electron chi connectivity index (χ0n) is 17.6. The zero-order chi connectivity index (χ0) is 21.4. The third-order valence-corrected chi connectivity index (χ3v) is 7.04. The van der Waals surface area contributed by atoms with Crippen molar-refractivity contribution in [2.24, 2.45) is 5.92 Å². The number of thiocarbonyl (C=S) groups is 1. The lowest BCUT2D eigenvalue weighted by Crippen LogP contribution is -2.36. The van der Waals surface area contributed by atoms with Crippen molar-refractivity contribution in [3.63, 3.8) is 0 Å². The van der Waals surface area contributed by atoms with Crippen molar-refractivity contribution in [2.45, 2.75) is 40.0 Å². The smallest absolute Gasteiger partial charge is 0.267 e. The summed E-state index contributed by atoms with van der Waals surface area (Å²) in [7, 11) is 0. The number of rotatable bonds is 4. The normalized spacial score (nSPS) is 19.5. The summed E-state index contributed by atoms with van der Waals surface area (Å²) >= 11 is 6.66. The molecule has 2 fully saturated rings. The first-order chi connectivity index (χ1) is 14.4. The van der Waals surface area contributed by atoms with Gasteiger partial charge in [-0.15, -0.1) is 0 Å². The van der Waals surface area contributed by atoms with E-state index in [1.165, 1.54) is 11.8 Å². The van der Waals surface area contributed by atoms with Gasteiger partial charge in [0, 0.05) is 25.8 Å². The van der Waals surface area contributed by atoms with E-state index >= 15 is 0 Å². The molecular weight excluding hydrogens is 416 g/mol. The lowest BCUT2D eigenvalue weighted by molar-refractivity contribution is -0.122. The topological polar surface area (TPSA) is 57.9 Å². The number of carbonyl (C=O) groups excluding carboxylic acids is 1. The summed E-state index contributed by atoms with van der Waals surface area (Å²) in [4.78, 5) is 35.5. The Labute approximate surface area is 186 Å². The van der Waals surface area contributed by atoms with Crippen LogP contribution in [0.2, 0.25) is 0 Å². The van der Waals surface area contributed by atoms with Crippen LogP contribution in [0.15, 0.2) is 28.0 Å². The minimum atomic E-state index is -0.155. The van der Waals surface area contributed by atoms with E-state index in [2.05, 4.69) is 11.8 Å². The molecule has 0 spiro atoms. The maximum absolute atomic E-state index is 13.5. The Balaban J connectivity index is 1.86. The third-order valence-electron chi connectivity index (χ3n) is 5.66. The molecule has 2 aromatic heterocycles. The SMILES string of the molecule is CCCN1C(=O)/C(=C\c2c(N3CCC(C)CC3)nc3ccc(C)cn3c2=O)SC1=S. The molecule has 2 aliphatic rings. The van der Waals surface area contributed by atoms with E-state index in [1.807, 2.05) is 26.0 Å². The maximum atomic E-state index is 13.5. The van der Waals surface area contributed by atoms with E-state index in [1.54, 1.807) is 21.6 Å². The van der Waals surface area contributed by atoms with Crippen LogP contribution in [0.5, 0.6) is 0 Å². The van der Waals surface area contributed by atoms with Crippen molar-refractivity contribution < 1.29 is 4.79 Å². The summed E-state index contributed by atoms with van der Waals surface area (Å²) in [5.41, 5.74) is 1.91. The summed E-state index contributed by atoms with van der Waals surface area (Å²) in [6.45, 7) is 8.51. The largest absolute Gasteiger partial charge is 0.356 e. The highest BCUT2D eigenvalue weighted by Crippen LogP contribution is 2.34. The number of aryl methyl sites for hydroxylation is 1. The predicted molar refractivity (Wildman–Crippen MR) is 127 cm³/mol. The van der Waals surface area contributed by atoms with Gasteiger partial charge in [0.2, 0.25) is 0 Å². The highest BCUT2D eigenvalue weighted by Gasteiger charge is 2.32. The Bertz CT molecular complexity index is 1100. The molecular formula is C22H26N4O2S2. The maximum Gasteiger partial charge on any atom is 0.267 e. The molecule has 0 bridgehead atoms. The van der Waals surface area contributed by atoms with Gasteiger partial charge in [-0.3, -0.25) is 18.9 Å². The molecule has 158 valence electrons. The van der Waals surface area contributed by atoms with E-state index in [4.69, 9.17) is 17.2 Å². The molecule has 2 saturated heterocycles. The Kier molecular flexibility index (Phi) is 5.97. The molecule has 0 atom stereocenters. The zero-order valence-corrected chi connectivity index (χ0v) is 19.2. The van der Waals surface area contributed by atoms with Gasteiger partial charge in [0.05, 0.1) is 10.5 Å². The van der Waals surface area contributed by atoms with Crippen molar-refractivity contribution in [3.8, 4) is 0 Å². The lowest BCUT2D eigenvalue weighted by Gasteiger charge is -2.32. The number of pyridine rings is 1. The van der Waals surface area contributed by atoms with Crippen molar-refractivity contribution in [1.82, 2.24) is 14.3 Å². The predicted octanol–water partition coefficient (Wildman–Crippen LogP) is 3.85. The number of fused-ring (bicyclic) bond motifs is 1. The van der Waals surface area contributed by atoms with Crippen molar-refractivity contribution in [3.05, 3.63) is 44.7 Å². The van der Waals surface area contributed by atoms with Gasteiger partial charge in [0.15, 0.2) is 0 Å². The number of carbonyl (C=O) groups is 1. The van der Waals surface area contributed by atoms with E-state index < -0.39 is 0 Å². The summed E-state index contributed by atoms with van der Waals surface area (Å²) in [5, 5.41) is 0. The molecule has 0 saturated carbocycles. The third kappa shape index (κ3) is 3.90. The molecule has 2 aromatic rings. The van der Waals surface area contributed by atoms with Gasteiger partial charge in [-0.1, -0.05) is 43.9 Å². The first-order valence-electron chi connectivity index (χ1n) is 10.4. The van der Waals surface area contributed by atoms with Gasteiger partial charge in [0.25, 0.3) is 11.5 Å². The summed E-state index contributed by atoms with van der Waals surface area (Å²) in [6.07, 6.45) is 6.45. The van der Waals surface area contributed by atoms with Gasteiger partial charge < -0.3 is 4.90 Å². The van der Waals surface area contributed by atoms with E-state index in [9.17, 15) is 9.59 Å². The summed E-state index contributed by atoms with van der Waals surface area (Å²) in [6, 6.07) is 3.83. The second-order valence-electron chi connectivity index (χ2n) is 8.09. The van der Waals surface area contributed by atoms with Gasteiger partial charge in [-0.05, 0) is 49.8 Å². The van der Waals surface area contributed by atoms with Crippen LogP contribution in [-0.4, -0.2) is 44.1 Å². The Morgan fingerprint density at radius 3 is 2.70 bits per heavy atom. The molecule has 30 heavy (non-hydrogen) atoms. The monoisotopic (exact) mass is 442 g/mol. The highest BCUT2D eigenvalue weighted by molar-refractivity contribution is 8.26. The molecule has 4 heterocycles. The first-order valence-corrected chi connectivity index (χ1v) is 11.6. The lowest BCUT2D eigenvalue weighted by atomic mass is 9.99. The molecule has 2 aliphatic heterocycles. The number of hydrogen-bond acceptors (Lipinski definition) is 6. The Hall–Kier alpha value is -2.19. The molecule has 0 N–H and O–H groups in total. The van der Waals surface area contributed by atoms with Crippen molar-refractivity contribution in [1.29, 1.82) is 0 Å². The van der Waals surface area contributed by atoms with E-state index in [0.29, 0.717) is 38.7 Å². The molecule has 8 heteroatoms. The summed E-state index contributed by atoms with van der Waals surface area (Å²) in [5.74, 6) is 1.20. The van der Waals surface area contributed by atoms with Crippen molar-refractivity contribution >= 4 is 51.7 Å². The van der Waals surface area contributed by atoms with Crippen LogP contribution >= 0.6 is 24.0 Å². The van der Waals surface area contributed by atoms with Crippen LogP contribution in [0, 0.1) is 12.8 Å². The fraction of sp³-hybridized carbons (Fsp3) is 0.455. The second-order valence-corrected chi connectivity index (χ2v) is 9.77. The fourth-order valence-corrected chi connectivity index (χ4v) is 5.17. The minimum Gasteiger partial charge on any atom is -0.356 e. The second kappa shape index (κ2) is 8.51. The Morgan fingerprint density at radius 1 is 1.27 bits per heavy atom. The van der Waals surface area contributed by atoms with Gasteiger partial charge >= 0.3 is 0 Å². The van der Waals surface area contributed by atoms with Crippen LogP contribution < -0.4 is 10.5 Å². The average Bonchev–Trinajstić information content (AvgIpc) is 2.99. The van der Waals surface area contributed by atoms with Gasteiger partial charge in [-0.25, -0.2) is 4.98 Å². The number of aromatic nitrogens is 2. The van der Waals surface area contributed by atoms with Crippen LogP contribution in [-0.2, 0) is 4.79 Å². The Morgan fingerprint density at radius 2 is 2.00 bits per heavy atom. The highest BCUT2D eigenvalue weighted by atomic mass is 32.2. The standard InChI is InChI=1S/C22H26N4O2S2/c1-4-9-25-21(28)17(30-22(25)29)12-16-19(24-10-7-14(2)8-11-24)23-18-6-5-15(3)13-26(18)20(16)27/h5-6,12-14H,4,7-11H2,1-3H3/b17-12+. The van der Waals surface area contributed by atoms with Crippen LogP contribution in [0.3, 0.4) is 0 Å². The van der Waals surface area contributed by atoms with Crippen molar-refractivity contribution in [2.75, 3.05) is 24.5 Å². The molecule has 0 radical (unpaired) electrons. The minimum absolute atomic E-state index is 0.126. The van der Waals surface area contributed by atoms with Crippen LogP contribution in [0.4, 0.5) is 5.82 Å². The molecule has 0 aromatic carbocycles. The molecule has 0 aliphatic carbocycles. The molecule has 4 rings (SSSR count). The number of thioether (sulfide) groups is 1. The molecule has 1 amide bonds. The molecule has 0 unspecified atom stereocenters. The number of amides is 1. The average molecular weight is 443 g/mol. The summed E-state index contributed by atoms with van der Waals surface area (Å²) < 4.78 is 2.12. The van der Waals surface area contributed by atoms with Crippen LogP contribution in [0.1, 0.15) is 44.2 Å². The van der Waals surface area contributed by atoms with Gasteiger partial charge in [0.1, 0.15) is 15.8 Å². The first kappa shape index (κ1) is 21.1. The number of piperidine rings is 1. The number of nitrogens with zero attached hydrogens (tertiary/aromatic N) is 4. The number of hydrogen-bond donors (Lipinski definition) is 0. The number of anilines is 1. The van der Waals surface area contributed by atoms with Gasteiger partial charge in [-0.2, -0.15) is 0 Å². The van der Waals surface area contributed by atoms with Crippen LogP contribution in [0.25, 0.3) is 11.7 Å². The van der Waals surface area contributed by atoms with E-state index in [0.717, 1.165) is 37.9 Å². The van der Waals surface area contributed by atoms with E-state index in [-0.39, 0.29) is 11.5 Å². The fourth-order valence-electron chi connectivity index (χ4n) is 3.88. The molecule has 6 nitrogen and oxygen atoms in total.